The van der Waals surface area contributed by atoms with Crippen LogP contribution in [-0.4, -0.2) is 13.1 Å². The molecule has 1 aliphatic rings. The lowest BCUT2D eigenvalue weighted by Crippen LogP contribution is -2.57. The van der Waals surface area contributed by atoms with Crippen molar-refractivity contribution in [2.45, 2.75) is 39.0 Å². The van der Waals surface area contributed by atoms with Crippen molar-refractivity contribution in [2.75, 3.05) is 13.1 Å². The minimum atomic E-state index is -0.146. The fourth-order valence-electron chi connectivity index (χ4n) is 2.37. The standard InChI is InChI=1S/C15H22FN/c1-14(2,3)8-9-15(10-17-11-15)12-4-6-13(16)7-5-12/h4-7,17H,8-11H2,1-3H3. The summed E-state index contributed by atoms with van der Waals surface area (Å²) >= 11 is 0. The molecule has 1 aromatic rings. The van der Waals surface area contributed by atoms with E-state index in [1.807, 2.05) is 12.1 Å². The number of halogens is 1. The summed E-state index contributed by atoms with van der Waals surface area (Å²) in [7, 11) is 0. The maximum Gasteiger partial charge on any atom is 0.123 e. The van der Waals surface area contributed by atoms with Gasteiger partial charge < -0.3 is 5.32 Å². The highest BCUT2D eigenvalue weighted by atomic mass is 19.1. The lowest BCUT2D eigenvalue weighted by Gasteiger charge is -2.44. The van der Waals surface area contributed by atoms with Crippen molar-refractivity contribution in [1.29, 1.82) is 0 Å². The van der Waals surface area contributed by atoms with Gasteiger partial charge in [-0.1, -0.05) is 32.9 Å². The van der Waals surface area contributed by atoms with Crippen LogP contribution < -0.4 is 5.32 Å². The van der Waals surface area contributed by atoms with Gasteiger partial charge in [0, 0.05) is 18.5 Å². The molecule has 0 radical (unpaired) electrons. The van der Waals surface area contributed by atoms with Gasteiger partial charge in [0.2, 0.25) is 0 Å². The molecule has 0 unspecified atom stereocenters. The minimum Gasteiger partial charge on any atom is -0.315 e. The average molecular weight is 235 g/mol. The van der Waals surface area contributed by atoms with E-state index in [0.717, 1.165) is 13.1 Å². The molecular weight excluding hydrogens is 213 g/mol. The molecule has 94 valence electrons. The van der Waals surface area contributed by atoms with Gasteiger partial charge in [0.25, 0.3) is 0 Å². The van der Waals surface area contributed by atoms with E-state index >= 15 is 0 Å². The predicted octanol–water partition coefficient (Wildman–Crippen LogP) is 3.49. The van der Waals surface area contributed by atoms with E-state index in [-0.39, 0.29) is 11.2 Å². The number of nitrogens with one attached hydrogen (secondary N) is 1. The van der Waals surface area contributed by atoms with Gasteiger partial charge in [-0.2, -0.15) is 0 Å². The third kappa shape index (κ3) is 2.86. The van der Waals surface area contributed by atoms with Crippen molar-refractivity contribution in [3.05, 3.63) is 35.6 Å². The Hall–Kier alpha value is -0.890. The summed E-state index contributed by atoms with van der Waals surface area (Å²) in [6.45, 7) is 8.87. The van der Waals surface area contributed by atoms with Gasteiger partial charge in [-0.05, 0) is 36.0 Å². The van der Waals surface area contributed by atoms with Gasteiger partial charge in [-0.15, -0.1) is 0 Å². The molecule has 1 aromatic carbocycles. The van der Waals surface area contributed by atoms with Gasteiger partial charge in [-0.25, -0.2) is 4.39 Å². The van der Waals surface area contributed by atoms with Crippen molar-refractivity contribution in [3.63, 3.8) is 0 Å². The monoisotopic (exact) mass is 235 g/mol. The lowest BCUT2D eigenvalue weighted by atomic mass is 9.69. The van der Waals surface area contributed by atoms with Crippen LogP contribution in [0.3, 0.4) is 0 Å². The largest absolute Gasteiger partial charge is 0.315 e. The topological polar surface area (TPSA) is 12.0 Å². The highest BCUT2D eigenvalue weighted by molar-refractivity contribution is 5.30. The van der Waals surface area contributed by atoms with E-state index in [9.17, 15) is 4.39 Å². The van der Waals surface area contributed by atoms with Crippen LogP contribution in [0.2, 0.25) is 0 Å². The van der Waals surface area contributed by atoms with Crippen molar-refractivity contribution in [2.24, 2.45) is 5.41 Å². The van der Waals surface area contributed by atoms with Crippen LogP contribution in [0.25, 0.3) is 0 Å². The summed E-state index contributed by atoms with van der Waals surface area (Å²) in [5, 5.41) is 3.36. The first-order valence-corrected chi connectivity index (χ1v) is 6.38. The van der Waals surface area contributed by atoms with Crippen LogP contribution in [0.4, 0.5) is 4.39 Å². The molecule has 0 spiro atoms. The first-order valence-electron chi connectivity index (χ1n) is 6.38. The summed E-state index contributed by atoms with van der Waals surface area (Å²) in [6.07, 6.45) is 2.38. The van der Waals surface area contributed by atoms with E-state index in [4.69, 9.17) is 0 Å². The van der Waals surface area contributed by atoms with E-state index < -0.39 is 0 Å². The fraction of sp³-hybridized carbons (Fsp3) is 0.600. The van der Waals surface area contributed by atoms with Gasteiger partial charge in [0.15, 0.2) is 0 Å². The van der Waals surface area contributed by atoms with Crippen LogP contribution in [0.1, 0.15) is 39.2 Å². The maximum atomic E-state index is 13.0. The van der Waals surface area contributed by atoms with Gasteiger partial charge in [0.1, 0.15) is 5.82 Å². The SMILES string of the molecule is CC(C)(C)CCC1(c2ccc(F)cc2)CNC1. The maximum absolute atomic E-state index is 13.0. The Kier molecular flexibility index (Phi) is 3.26. The van der Waals surface area contributed by atoms with Gasteiger partial charge in [-0.3, -0.25) is 0 Å². The summed E-state index contributed by atoms with van der Waals surface area (Å²) in [6, 6.07) is 7.04. The summed E-state index contributed by atoms with van der Waals surface area (Å²) < 4.78 is 13.0. The normalized spacial score (nSPS) is 18.8. The van der Waals surface area contributed by atoms with Crippen LogP contribution in [0.15, 0.2) is 24.3 Å². The zero-order valence-corrected chi connectivity index (χ0v) is 11.0. The first-order chi connectivity index (χ1) is 7.91. The number of hydrogen-bond donors (Lipinski definition) is 1. The Labute approximate surface area is 103 Å². The van der Waals surface area contributed by atoms with Crippen molar-refractivity contribution >= 4 is 0 Å². The fourth-order valence-corrected chi connectivity index (χ4v) is 2.37. The quantitative estimate of drug-likeness (QED) is 0.845. The minimum absolute atomic E-state index is 0.146. The van der Waals surface area contributed by atoms with Crippen LogP contribution in [0, 0.1) is 11.2 Å². The molecule has 1 heterocycles. The molecule has 1 nitrogen and oxygen atoms in total. The second kappa shape index (κ2) is 4.41. The molecule has 0 aliphatic carbocycles. The third-order valence-electron chi connectivity index (χ3n) is 3.74. The van der Waals surface area contributed by atoms with Crippen LogP contribution >= 0.6 is 0 Å². The van der Waals surface area contributed by atoms with E-state index in [2.05, 4.69) is 26.1 Å². The Morgan fingerprint density at radius 3 is 2.18 bits per heavy atom. The summed E-state index contributed by atoms with van der Waals surface area (Å²) in [4.78, 5) is 0. The van der Waals surface area contributed by atoms with E-state index in [0.29, 0.717) is 5.41 Å². The predicted molar refractivity (Wildman–Crippen MR) is 69.6 cm³/mol. The molecule has 1 fully saturated rings. The van der Waals surface area contributed by atoms with E-state index in [1.165, 1.54) is 18.4 Å². The number of benzene rings is 1. The second-order valence-corrected chi connectivity index (χ2v) is 6.45. The molecule has 1 saturated heterocycles. The third-order valence-corrected chi connectivity index (χ3v) is 3.74. The molecule has 0 saturated carbocycles. The smallest absolute Gasteiger partial charge is 0.123 e. The zero-order chi connectivity index (χ0) is 12.5. The Morgan fingerprint density at radius 1 is 1.18 bits per heavy atom. The molecule has 0 aromatic heterocycles. The summed E-state index contributed by atoms with van der Waals surface area (Å²) in [5.74, 6) is -0.146. The number of rotatable bonds is 3. The molecule has 2 heteroatoms. The molecule has 1 aliphatic heterocycles. The first kappa shape index (κ1) is 12.6. The molecule has 2 rings (SSSR count). The van der Waals surface area contributed by atoms with Crippen molar-refractivity contribution in [1.82, 2.24) is 5.32 Å². The Morgan fingerprint density at radius 2 is 1.76 bits per heavy atom. The highest BCUT2D eigenvalue weighted by Crippen LogP contribution is 2.37. The van der Waals surface area contributed by atoms with Gasteiger partial charge in [0.05, 0.1) is 0 Å². The van der Waals surface area contributed by atoms with Crippen molar-refractivity contribution < 1.29 is 4.39 Å². The summed E-state index contributed by atoms with van der Waals surface area (Å²) in [5.41, 5.74) is 1.88. The molecule has 17 heavy (non-hydrogen) atoms. The second-order valence-electron chi connectivity index (χ2n) is 6.45. The van der Waals surface area contributed by atoms with Gasteiger partial charge >= 0.3 is 0 Å². The molecule has 0 bridgehead atoms. The van der Waals surface area contributed by atoms with Crippen LogP contribution in [0.5, 0.6) is 0 Å². The molecule has 1 N–H and O–H groups in total. The molecule has 0 atom stereocenters. The van der Waals surface area contributed by atoms with Crippen LogP contribution in [-0.2, 0) is 5.41 Å². The number of hydrogen-bond acceptors (Lipinski definition) is 1. The highest BCUT2D eigenvalue weighted by Gasteiger charge is 2.38. The van der Waals surface area contributed by atoms with E-state index in [1.54, 1.807) is 12.1 Å². The molecular formula is C15H22FN. The average Bonchev–Trinajstić information content (AvgIpc) is 2.17. The zero-order valence-electron chi connectivity index (χ0n) is 11.0. The molecule has 0 amide bonds. The Balaban J connectivity index is 2.11. The lowest BCUT2D eigenvalue weighted by molar-refractivity contribution is 0.215. The van der Waals surface area contributed by atoms with Crippen molar-refractivity contribution in [3.8, 4) is 0 Å². The Bertz CT molecular complexity index is 371.